The van der Waals surface area contributed by atoms with E-state index in [2.05, 4.69) is 10.1 Å². The van der Waals surface area contributed by atoms with Crippen LogP contribution in [-0.4, -0.2) is 32.4 Å². The Labute approximate surface area is 162 Å². The molecule has 0 saturated carbocycles. The molecule has 0 aromatic carbocycles. The number of aromatic nitrogens is 3. The van der Waals surface area contributed by atoms with Crippen molar-refractivity contribution in [3.8, 4) is 16.4 Å². The Morgan fingerprint density at radius 2 is 2.11 bits per heavy atom. The van der Waals surface area contributed by atoms with Crippen molar-refractivity contribution in [3.63, 3.8) is 0 Å². The summed E-state index contributed by atoms with van der Waals surface area (Å²) in [6.07, 6.45) is -4.02. The number of carbonyl (C=O) groups is 1. The number of alkyl halides is 3. The van der Waals surface area contributed by atoms with Crippen LogP contribution in [0, 0.1) is 6.92 Å². The van der Waals surface area contributed by atoms with Crippen LogP contribution < -0.4 is 0 Å². The summed E-state index contributed by atoms with van der Waals surface area (Å²) in [6, 6.07) is 6.33. The second-order valence-corrected chi connectivity index (χ2v) is 7.04. The summed E-state index contributed by atoms with van der Waals surface area (Å²) in [6.45, 7) is 3.09. The molecule has 3 heterocycles. The van der Waals surface area contributed by atoms with Crippen LogP contribution in [0.25, 0.3) is 16.4 Å². The van der Waals surface area contributed by atoms with Crippen LogP contribution in [0.1, 0.15) is 33.4 Å². The Morgan fingerprint density at radius 1 is 1.36 bits per heavy atom. The third-order valence-electron chi connectivity index (χ3n) is 3.82. The van der Waals surface area contributed by atoms with Gasteiger partial charge in [-0.25, -0.2) is 14.5 Å². The summed E-state index contributed by atoms with van der Waals surface area (Å²) < 4.78 is 46.2. The number of halogens is 3. The second kappa shape index (κ2) is 7.72. The van der Waals surface area contributed by atoms with E-state index in [4.69, 9.17) is 4.74 Å². The second-order valence-electron chi connectivity index (χ2n) is 5.79. The molecule has 0 aliphatic rings. The third kappa shape index (κ3) is 3.78. The van der Waals surface area contributed by atoms with E-state index in [-0.39, 0.29) is 19.0 Å². The average Bonchev–Trinajstić information content (AvgIpc) is 3.25. The molecule has 3 rings (SSSR count). The van der Waals surface area contributed by atoms with Gasteiger partial charge in [-0.15, -0.1) is 11.3 Å². The first-order valence-corrected chi connectivity index (χ1v) is 9.08. The summed E-state index contributed by atoms with van der Waals surface area (Å²) in [5.41, 5.74) is -0.887. The number of rotatable bonds is 5. The Kier molecular flexibility index (Phi) is 5.52. The first kappa shape index (κ1) is 20.0. The van der Waals surface area contributed by atoms with Gasteiger partial charge in [0.25, 0.3) is 0 Å². The lowest BCUT2D eigenvalue weighted by molar-refractivity contribution is -0.143. The number of esters is 1. The van der Waals surface area contributed by atoms with E-state index in [0.29, 0.717) is 20.8 Å². The van der Waals surface area contributed by atoms with Crippen LogP contribution >= 0.6 is 11.3 Å². The lowest BCUT2D eigenvalue weighted by Gasteiger charge is -2.12. The first-order chi connectivity index (χ1) is 13.3. The van der Waals surface area contributed by atoms with Crippen molar-refractivity contribution >= 4 is 17.3 Å². The van der Waals surface area contributed by atoms with Gasteiger partial charge in [-0.3, -0.25) is 0 Å². The van der Waals surface area contributed by atoms with Gasteiger partial charge in [0.2, 0.25) is 0 Å². The Balaban J connectivity index is 2.13. The van der Waals surface area contributed by atoms with Crippen molar-refractivity contribution in [1.29, 1.82) is 0 Å². The Morgan fingerprint density at radius 3 is 2.75 bits per heavy atom. The molecule has 0 unspecified atom stereocenters. The predicted molar refractivity (Wildman–Crippen MR) is 96.3 cm³/mol. The van der Waals surface area contributed by atoms with Gasteiger partial charge in [0.15, 0.2) is 11.5 Å². The molecule has 0 bridgehead atoms. The van der Waals surface area contributed by atoms with Crippen molar-refractivity contribution in [1.82, 2.24) is 14.8 Å². The lowest BCUT2D eigenvalue weighted by atomic mass is 10.2. The van der Waals surface area contributed by atoms with E-state index in [1.807, 2.05) is 6.92 Å². The number of aliphatic hydroxyl groups excluding tert-OH is 1. The number of pyridine rings is 1. The summed E-state index contributed by atoms with van der Waals surface area (Å²) in [4.78, 5) is 17.8. The number of aryl methyl sites for hydroxylation is 1. The molecule has 0 aliphatic carbocycles. The Hall–Kier alpha value is -2.72. The number of hydrogen-bond acceptors (Lipinski definition) is 6. The average molecular weight is 411 g/mol. The molecule has 10 heteroatoms. The van der Waals surface area contributed by atoms with Gasteiger partial charge >= 0.3 is 12.1 Å². The summed E-state index contributed by atoms with van der Waals surface area (Å²) in [5.74, 6) is -1.20. The highest BCUT2D eigenvalue weighted by atomic mass is 32.1. The fourth-order valence-corrected chi connectivity index (χ4v) is 3.72. The SMILES string of the molecule is CCOC(=O)c1cnn(-c2cccc(-c3sc(C)cc3CO)n2)c1C(F)(F)F. The van der Waals surface area contributed by atoms with Gasteiger partial charge < -0.3 is 9.84 Å². The lowest BCUT2D eigenvalue weighted by Crippen LogP contribution is -2.19. The fraction of sp³-hybridized carbons (Fsp3) is 0.278. The van der Waals surface area contributed by atoms with Crippen LogP contribution in [0.5, 0.6) is 0 Å². The van der Waals surface area contributed by atoms with Crippen LogP contribution in [0.4, 0.5) is 13.2 Å². The molecule has 1 N–H and O–H groups in total. The first-order valence-electron chi connectivity index (χ1n) is 8.26. The van der Waals surface area contributed by atoms with Crippen LogP contribution in [0.15, 0.2) is 30.5 Å². The highest BCUT2D eigenvalue weighted by Gasteiger charge is 2.41. The Bertz CT molecular complexity index is 1010. The van der Waals surface area contributed by atoms with Gasteiger partial charge in [0.1, 0.15) is 5.56 Å². The van der Waals surface area contributed by atoms with Crippen molar-refractivity contribution in [2.24, 2.45) is 0 Å². The van der Waals surface area contributed by atoms with Crippen LogP contribution in [0.3, 0.4) is 0 Å². The van der Waals surface area contributed by atoms with Crippen LogP contribution in [0.2, 0.25) is 0 Å². The van der Waals surface area contributed by atoms with Crippen molar-refractivity contribution in [2.45, 2.75) is 26.6 Å². The predicted octanol–water partition coefficient (Wildman–Crippen LogP) is 3.99. The largest absolute Gasteiger partial charge is 0.462 e. The quantitative estimate of drug-likeness (QED) is 0.643. The summed E-state index contributed by atoms with van der Waals surface area (Å²) in [5, 5.41) is 13.2. The van der Waals surface area contributed by atoms with Crippen molar-refractivity contribution < 1.29 is 27.8 Å². The highest BCUT2D eigenvalue weighted by Crippen LogP contribution is 2.35. The maximum atomic E-state index is 13.6. The molecule has 0 saturated heterocycles. The molecule has 0 radical (unpaired) electrons. The molecule has 28 heavy (non-hydrogen) atoms. The number of thiophene rings is 1. The maximum Gasteiger partial charge on any atom is 0.434 e. The fourth-order valence-electron chi connectivity index (χ4n) is 2.72. The molecule has 0 amide bonds. The minimum atomic E-state index is -4.84. The van der Waals surface area contributed by atoms with Crippen molar-refractivity contribution in [2.75, 3.05) is 6.61 Å². The molecule has 3 aromatic rings. The van der Waals surface area contributed by atoms with E-state index in [9.17, 15) is 23.1 Å². The minimum Gasteiger partial charge on any atom is -0.462 e. The molecule has 0 fully saturated rings. The van der Waals surface area contributed by atoms with E-state index in [1.165, 1.54) is 24.3 Å². The number of hydrogen-bond donors (Lipinski definition) is 1. The molecule has 0 aliphatic heterocycles. The molecular formula is C18H16F3N3O3S. The van der Waals surface area contributed by atoms with E-state index in [0.717, 1.165) is 11.1 Å². The van der Waals surface area contributed by atoms with E-state index >= 15 is 0 Å². The molecule has 3 aromatic heterocycles. The maximum absolute atomic E-state index is 13.6. The topological polar surface area (TPSA) is 77.2 Å². The number of ether oxygens (including phenoxy) is 1. The zero-order valence-corrected chi connectivity index (χ0v) is 15.8. The van der Waals surface area contributed by atoms with E-state index in [1.54, 1.807) is 18.2 Å². The number of nitrogens with zero attached hydrogens (tertiary/aromatic N) is 3. The molecule has 0 spiro atoms. The summed E-state index contributed by atoms with van der Waals surface area (Å²) >= 11 is 1.37. The smallest absolute Gasteiger partial charge is 0.434 e. The van der Waals surface area contributed by atoms with Gasteiger partial charge in [-0.2, -0.15) is 18.3 Å². The highest BCUT2D eigenvalue weighted by molar-refractivity contribution is 7.15. The third-order valence-corrected chi connectivity index (χ3v) is 4.93. The van der Waals surface area contributed by atoms with Gasteiger partial charge in [-0.05, 0) is 37.6 Å². The van der Waals surface area contributed by atoms with Crippen LogP contribution in [-0.2, 0) is 17.5 Å². The zero-order chi connectivity index (χ0) is 20.5. The van der Waals surface area contributed by atoms with Crippen molar-refractivity contribution in [3.05, 3.63) is 52.2 Å². The number of carbonyl (C=O) groups excluding carboxylic acids is 1. The molecular weight excluding hydrogens is 395 g/mol. The van der Waals surface area contributed by atoms with Gasteiger partial charge in [0.05, 0.1) is 30.0 Å². The van der Waals surface area contributed by atoms with Gasteiger partial charge in [-0.1, -0.05) is 6.07 Å². The summed E-state index contributed by atoms with van der Waals surface area (Å²) in [7, 11) is 0. The van der Waals surface area contributed by atoms with E-state index < -0.39 is 23.4 Å². The monoisotopic (exact) mass is 411 g/mol. The van der Waals surface area contributed by atoms with Gasteiger partial charge in [0, 0.05) is 4.88 Å². The zero-order valence-electron chi connectivity index (χ0n) is 14.9. The number of aliphatic hydroxyl groups is 1. The molecule has 148 valence electrons. The standard InChI is InChI=1S/C18H16F3N3O3S/c1-3-27-17(26)12-8-22-24(16(12)18(19,20)21)14-6-4-5-13(23-14)15-11(9-25)7-10(2)28-15/h4-8,25H,3,9H2,1-2H3. The molecule has 6 nitrogen and oxygen atoms in total. The molecule has 0 atom stereocenters. The normalized spacial score (nSPS) is 11.6. The minimum absolute atomic E-state index is 0.0588.